The van der Waals surface area contributed by atoms with E-state index in [1.807, 2.05) is 42.5 Å². The number of ether oxygens (including phenoxy) is 1. The molecule has 3 rings (SSSR count). The lowest BCUT2D eigenvalue weighted by Crippen LogP contribution is -2.57. The minimum atomic E-state index is -0.753. The molecule has 1 aliphatic rings. The van der Waals surface area contributed by atoms with Crippen LogP contribution in [0.1, 0.15) is 18.4 Å². The second-order valence-corrected chi connectivity index (χ2v) is 6.49. The molecule has 0 amide bonds. The van der Waals surface area contributed by atoms with Gasteiger partial charge < -0.3 is 14.7 Å². The molecule has 25 heavy (non-hydrogen) atoms. The summed E-state index contributed by atoms with van der Waals surface area (Å²) in [5.41, 5.74) is 1.37. The molecule has 0 aliphatic carbocycles. The van der Waals surface area contributed by atoms with Crippen LogP contribution in [-0.4, -0.2) is 29.7 Å². The van der Waals surface area contributed by atoms with Gasteiger partial charge in [-0.2, -0.15) is 0 Å². The number of hydrogen-bond donors (Lipinski definition) is 1. The molecule has 0 fully saturated rings. The van der Waals surface area contributed by atoms with Crippen LogP contribution in [0.25, 0.3) is 0 Å². The Morgan fingerprint density at radius 1 is 1.12 bits per heavy atom. The van der Waals surface area contributed by atoms with Crippen molar-refractivity contribution in [1.82, 2.24) is 0 Å². The molecule has 0 saturated carbocycles. The van der Waals surface area contributed by atoms with E-state index in [1.165, 1.54) is 5.56 Å². The smallest absolute Gasteiger partial charge is 0.159 e. The molecule has 0 spiro atoms. The maximum absolute atomic E-state index is 10.2. The summed E-state index contributed by atoms with van der Waals surface area (Å²) in [5, 5.41) is 10.2. The van der Waals surface area contributed by atoms with Crippen molar-refractivity contribution < 1.29 is 9.84 Å². The normalized spacial score (nSPS) is 18.7. The molecule has 4 heteroatoms. The summed E-state index contributed by atoms with van der Waals surface area (Å²) in [6.45, 7) is 0.898. The third kappa shape index (κ3) is 3.92. The number of benzene rings is 2. The van der Waals surface area contributed by atoms with E-state index in [1.54, 1.807) is 0 Å². The van der Waals surface area contributed by atoms with E-state index in [-0.39, 0.29) is 6.61 Å². The second kappa shape index (κ2) is 8.29. The Bertz CT molecular complexity index is 753. The van der Waals surface area contributed by atoms with Crippen LogP contribution in [0.5, 0.6) is 5.75 Å². The summed E-state index contributed by atoms with van der Waals surface area (Å²) in [6, 6.07) is 18.1. The summed E-state index contributed by atoms with van der Waals surface area (Å²) in [7, 11) is 0. The van der Waals surface area contributed by atoms with Crippen molar-refractivity contribution in [3.05, 3.63) is 60.2 Å². The molecule has 1 unspecified atom stereocenters. The van der Waals surface area contributed by atoms with Gasteiger partial charge >= 0.3 is 0 Å². The van der Waals surface area contributed by atoms with Gasteiger partial charge in [-0.05, 0) is 24.1 Å². The van der Waals surface area contributed by atoms with E-state index in [4.69, 9.17) is 16.3 Å². The zero-order chi connectivity index (χ0) is 17.5. The number of aliphatic hydroxyl groups excluding tert-OH is 1. The lowest BCUT2D eigenvalue weighted by atomic mass is 9.95. The van der Waals surface area contributed by atoms with Gasteiger partial charge in [0.2, 0.25) is 0 Å². The SMILES string of the molecule is OCC1(C#CCCCCl)COc2ccccc2N1Cc1ccccc1. The van der Waals surface area contributed by atoms with Crippen molar-refractivity contribution in [2.24, 2.45) is 0 Å². The lowest BCUT2D eigenvalue weighted by molar-refractivity contribution is 0.148. The number of alkyl halides is 1. The highest BCUT2D eigenvalue weighted by atomic mass is 35.5. The van der Waals surface area contributed by atoms with Gasteiger partial charge in [0.05, 0.1) is 12.3 Å². The average molecular weight is 356 g/mol. The van der Waals surface area contributed by atoms with Crippen molar-refractivity contribution in [2.75, 3.05) is 24.0 Å². The third-order valence-electron chi connectivity index (χ3n) is 4.34. The minimum Gasteiger partial charge on any atom is -0.488 e. The molecule has 1 heterocycles. The quantitative estimate of drug-likeness (QED) is 0.502. The van der Waals surface area contributed by atoms with Crippen molar-refractivity contribution in [3.63, 3.8) is 0 Å². The van der Waals surface area contributed by atoms with Gasteiger partial charge in [0, 0.05) is 18.8 Å². The number of fused-ring (bicyclic) bond motifs is 1. The highest BCUT2D eigenvalue weighted by Gasteiger charge is 2.40. The van der Waals surface area contributed by atoms with E-state index in [0.717, 1.165) is 17.9 Å². The summed E-state index contributed by atoms with van der Waals surface area (Å²) >= 11 is 5.74. The molecule has 0 saturated heterocycles. The van der Waals surface area contributed by atoms with Gasteiger partial charge in [-0.25, -0.2) is 0 Å². The largest absolute Gasteiger partial charge is 0.488 e. The van der Waals surface area contributed by atoms with Gasteiger partial charge in [-0.3, -0.25) is 0 Å². The molecule has 3 nitrogen and oxygen atoms in total. The van der Waals surface area contributed by atoms with E-state index in [2.05, 4.69) is 28.9 Å². The first kappa shape index (κ1) is 17.7. The van der Waals surface area contributed by atoms with Crippen molar-refractivity contribution in [1.29, 1.82) is 0 Å². The van der Waals surface area contributed by atoms with Crippen LogP contribution < -0.4 is 9.64 Å². The fourth-order valence-electron chi connectivity index (χ4n) is 2.97. The Hall–Kier alpha value is -2.15. The van der Waals surface area contributed by atoms with Crippen LogP contribution in [0.3, 0.4) is 0 Å². The number of hydrogen-bond acceptors (Lipinski definition) is 3. The lowest BCUT2D eigenvalue weighted by Gasteiger charge is -2.44. The zero-order valence-electron chi connectivity index (χ0n) is 14.1. The summed E-state index contributed by atoms with van der Waals surface area (Å²) in [4.78, 5) is 2.16. The van der Waals surface area contributed by atoms with Crippen LogP contribution in [0, 0.1) is 11.8 Å². The molecular weight excluding hydrogens is 334 g/mol. The molecule has 1 aliphatic heterocycles. The fraction of sp³-hybridized carbons (Fsp3) is 0.333. The number of nitrogens with zero attached hydrogens (tertiary/aromatic N) is 1. The van der Waals surface area contributed by atoms with Crippen molar-refractivity contribution in [3.8, 4) is 17.6 Å². The van der Waals surface area contributed by atoms with Crippen LogP contribution in [0.2, 0.25) is 0 Å². The molecular formula is C21H22ClNO2. The molecule has 0 bridgehead atoms. The maximum atomic E-state index is 10.2. The Balaban J connectivity index is 1.98. The number of rotatable bonds is 5. The number of aliphatic hydroxyl groups is 1. The highest BCUT2D eigenvalue weighted by molar-refractivity contribution is 6.17. The fourth-order valence-corrected chi connectivity index (χ4v) is 3.10. The monoisotopic (exact) mass is 355 g/mol. The predicted octanol–water partition coefficient (Wildman–Crippen LogP) is 3.84. The van der Waals surface area contributed by atoms with Gasteiger partial charge in [0.25, 0.3) is 0 Å². The molecule has 1 atom stereocenters. The first-order chi connectivity index (χ1) is 12.3. The number of para-hydroxylation sites is 2. The standard InChI is InChI=1S/C21H22ClNO2/c22-14-8-2-7-13-21(16-24)17-25-20-12-6-5-11-19(20)23(21)15-18-9-3-1-4-10-18/h1,3-6,9-12,24H,2,8,14-17H2. The van der Waals surface area contributed by atoms with Gasteiger partial charge in [-0.15, -0.1) is 17.5 Å². The Morgan fingerprint density at radius 2 is 1.88 bits per heavy atom. The van der Waals surface area contributed by atoms with Gasteiger partial charge in [-0.1, -0.05) is 48.4 Å². The van der Waals surface area contributed by atoms with E-state index >= 15 is 0 Å². The van der Waals surface area contributed by atoms with E-state index < -0.39 is 5.54 Å². The Morgan fingerprint density at radius 3 is 2.64 bits per heavy atom. The number of unbranched alkanes of at least 4 members (excludes halogenated alkanes) is 1. The molecule has 2 aromatic rings. The first-order valence-corrected chi connectivity index (χ1v) is 9.03. The minimum absolute atomic E-state index is 0.0952. The van der Waals surface area contributed by atoms with E-state index in [0.29, 0.717) is 25.5 Å². The molecule has 0 radical (unpaired) electrons. The van der Waals surface area contributed by atoms with Gasteiger partial charge in [0.15, 0.2) is 5.54 Å². The average Bonchev–Trinajstić information content (AvgIpc) is 2.67. The first-order valence-electron chi connectivity index (χ1n) is 8.49. The topological polar surface area (TPSA) is 32.7 Å². The molecule has 0 aromatic heterocycles. The summed E-state index contributed by atoms with van der Waals surface area (Å²) in [5.74, 6) is 7.87. The Kier molecular flexibility index (Phi) is 5.86. The highest BCUT2D eigenvalue weighted by Crippen LogP contribution is 2.38. The van der Waals surface area contributed by atoms with Crippen molar-refractivity contribution >= 4 is 17.3 Å². The Labute approximate surface area is 154 Å². The molecule has 1 N–H and O–H groups in total. The van der Waals surface area contributed by atoms with Crippen LogP contribution in [-0.2, 0) is 6.54 Å². The van der Waals surface area contributed by atoms with Crippen molar-refractivity contribution in [2.45, 2.75) is 24.9 Å². The predicted molar refractivity (Wildman–Crippen MR) is 102 cm³/mol. The summed E-state index contributed by atoms with van der Waals surface area (Å²) < 4.78 is 5.93. The zero-order valence-corrected chi connectivity index (χ0v) is 14.9. The maximum Gasteiger partial charge on any atom is 0.159 e. The van der Waals surface area contributed by atoms with Crippen LogP contribution in [0.4, 0.5) is 5.69 Å². The molecule has 2 aromatic carbocycles. The number of anilines is 1. The van der Waals surface area contributed by atoms with Crippen LogP contribution >= 0.6 is 11.6 Å². The van der Waals surface area contributed by atoms with Gasteiger partial charge in [0.1, 0.15) is 12.4 Å². The molecule has 130 valence electrons. The second-order valence-electron chi connectivity index (χ2n) is 6.11. The number of halogens is 1. The van der Waals surface area contributed by atoms with E-state index in [9.17, 15) is 5.11 Å². The third-order valence-corrected chi connectivity index (χ3v) is 4.61. The summed E-state index contributed by atoms with van der Waals surface area (Å²) in [6.07, 6.45) is 1.55. The van der Waals surface area contributed by atoms with Crippen LogP contribution in [0.15, 0.2) is 54.6 Å².